The Hall–Kier alpha value is -2.80. The predicted molar refractivity (Wildman–Crippen MR) is 118 cm³/mol. The van der Waals surface area contributed by atoms with Crippen LogP contribution in [0.1, 0.15) is 36.8 Å². The molecule has 0 aliphatic carbocycles. The van der Waals surface area contributed by atoms with Crippen LogP contribution in [0.3, 0.4) is 0 Å². The summed E-state index contributed by atoms with van der Waals surface area (Å²) in [7, 11) is -2.84. The summed E-state index contributed by atoms with van der Waals surface area (Å²) in [5.74, 6) is -1.87. The number of hydrogen-bond donors (Lipinski definition) is 1. The fourth-order valence-corrected chi connectivity index (χ4v) is 4.67. The van der Waals surface area contributed by atoms with Gasteiger partial charge in [-0.3, -0.25) is 4.79 Å². The minimum atomic E-state index is -4.82. The van der Waals surface area contributed by atoms with E-state index in [-0.39, 0.29) is 24.5 Å². The number of carbonyl (C=O) groups excluding carboxylic acids is 1. The number of sulfonamides is 1. The Kier molecular flexibility index (Phi) is 7.18. The average molecular weight is 504 g/mol. The number of nitrogens with zero attached hydrogens (tertiary/aromatic N) is 4. The zero-order chi connectivity index (χ0) is 25.4. The molecule has 2 heterocycles. The van der Waals surface area contributed by atoms with Crippen molar-refractivity contribution in [3.63, 3.8) is 0 Å². The SMILES string of the molecule is CNS(=O)(=O)c1cc(N2CCN(c3ncc(C(C)=O)c(C(F)(F)F)n3)C(C(C)C)C2)ccc1F. The summed E-state index contributed by atoms with van der Waals surface area (Å²) in [4.78, 5) is 22.4. The fraction of sp³-hybridized carbons (Fsp3) is 0.476. The van der Waals surface area contributed by atoms with Crippen molar-refractivity contribution in [1.82, 2.24) is 14.7 Å². The van der Waals surface area contributed by atoms with Crippen molar-refractivity contribution in [1.29, 1.82) is 0 Å². The molecule has 2 aromatic rings. The maximum atomic E-state index is 14.2. The largest absolute Gasteiger partial charge is 0.434 e. The topological polar surface area (TPSA) is 95.5 Å². The summed E-state index contributed by atoms with van der Waals surface area (Å²) in [5.41, 5.74) is -1.42. The van der Waals surface area contributed by atoms with Crippen LogP contribution in [0.4, 0.5) is 29.2 Å². The van der Waals surface area contributed by atoms with Crippen molar-refractivity contribution < 1.29 is 30.8 Å². The van der Waals surface area contributed by atoms with E-state index < -0.39 is 44.0 Å². The van der Waals surface area contributed by atoms with Crippen LogP contribution in [0.15, 0.2) is 29.3 Å². The minimum Gasteiger partial charge on any atom is -0.368 e. The molecule has 0 saturated carbocycles. The molecule has 0 spiro atoms. The van der Waals surface area contributed by atoms with E-state index >= 15 is 0 Å². The lowest BCUT2D eigenvalue weighted by Gasteiger charge is -2.44. The highest BCUT2D eigenvalue weighted by Crippen LogP contribution is 2.33. The van der Waals surface area contributed by atoms with Crippen molar-refractivity contribution in [3.8, 4) is 0 Å². The number of nitrogens with one attached hydrogen (secondary N) is 1. The van der Waals surface area contributed by atoms with Crippen LogP contribution in [0.5, 0.6) is 0 Å². The molecule has 1 aliphatic heterocycles. The zero-order valence-electron chi connectivity index (χ0n) is 19.0. The van der Waals surface area contributed by atoms with Crippen molar-refractivity contribution in [2.24, 2.45) is 5.92 Å². The van der Waals surface area contributed by atoms with Gasteiger partial charge in [0.25, 0.3) is 0 Å². The molecule has 1 unspecified atom stereocenters. The number of piperazine rings is 1. The lowest BCUT2D eigenvalue weighted by atomic mass is 9.99. The number of anilines is 2. The molecule has 1 aromatic carbocycles. The number of carbonyl (C=O) groups is 1. The molecule has 1 aromatic heterocycles. The Morgan fingerprint density at radius 3 is 2.47 bits per heavy atom. The van der Waals surface area contributed by atoms with Crippen molar-refractivity contribution in [2.75, 3.05) is 36.5 Å². The molecule has 0 radical (unpaired) electrons. The van der Waals surface area contributed by atoms with E-state index in [0.717, 1.165) is 19.2 Å². The lowest BCUT2D eigenvalue weighted by molar-refractivity contribution is -0.141. The fourth-order valence-electron chi connectivity index (χ4n) is 3.85. The minimum absolute atomic E-state index is 0.0471. The Bertz CT molecular complexity index is 1190. The van der Waals surface area contributed by atoms with Gasteiger partial charge in [-0.1, -0.05) is 13.8 Å². The molecule has 1 saturated heterocycles. The summed E-state index contributed by atoms with van der Waals surface area (Å²) in [6, 6.07) is 3.41. The van der Waals surface area contributed by atoms with Crippen LogP contribution in [0.2, 0.25) is 0 Å². The van der Waals surface area contributed by atoms with E-state index in [1.165, 1.54) is 19.2 Å². The van der Waals surface area contributed by atoms with Crippen molar-refractivity contribution >= 4 is 27.4 Å². The molecule has 1 fully saturated rings. The lowest BCUT2D eigenvalue weighted by Crippen LogP contribution is -2.56. The third-order valence-electron chi connectivity index (χ3n) is 5.71. The number of hydrogen-bond acceptors (Lipinski definition) is 7. The van der Waals surface area contributed by atoms with Gasteiger partial charge in [-0.05, 0) is 38.1 Å². The Morgan fingerprint density at radius 1 is 1.24 bits per heavy atom. The Balaban J connectivity index is 1.96. The van der Waals surface area contributed by atoms with Gasteiger partial charge in [0.05, 0.1) is 11.6 Å². The molecule has 186 valence electrons. The van der Waals surface area contributed by atoms with Crippen LogP contribution in [-0.4, -0.2) is 56.9 Å². The Labute approximate surface area is 195 Å². The standard InChI is InChI=1S/C21H25F4N5O3S/c1-12(2)17-11-29(14-5-6-16(22)18(9-14)34(32,33)26-4)7-8-30(17)20-27-10-15(13(3)31)19(28-20)21(23,24)25/h5-6,9-10,12,17,26H,7-8,11H2,1-4H3. The monoisotopic (exact) mass is 503 g/mol. The molecule has 13 heteroatoms. The zero-order valence-corrected chi connectivity index (χ0v) is 19.8. The molecular formula is C21H25F4N5O3S. The van der Waals surface area contributed by atoms with E-state index in [4.69, 9.17) is 0 Å². The van der Waals surface area contributed by atoms with Gasteiger partial charge in [-0.2, -0.15) is 13.2 Å². The second kappa shape index (κ2) is 9.45. The van der Waals surface area contributed by atoms with Gasteiger partial charge < -0.3 is 9.80 Å². The highest BCUT2D eigenvalue weighted by Gasteiger charge is 2.39. The number of halogens is 4. The summed E-state index contributed by atoms with van der Waals surface area (Å²) in [5, 5.41) is 0. The second-order valence-corrected chi connectivity index (χ2v) is 10.1. The van der Waals surface area contributed by atoms with Gasteiger partial charge >= 0.3 is 6.18 Å². The molecular weight excluding hydrogens is 478 g/mol. The second-order valence-electron chi connectivity index (χ2n) is 8.26. The van der Waals surface area contributed by atoms with E-state index in [1.54, 1.807) is 4.90 Å². The first-order valence-corrected chi connectivity index (χ1v) is 11.9. The first-order valence-electron chi connectivity index (χ1n) is 10.5. The number of benzene rings is 1. The maximum absolute atomic E-state index is 14.2. The van der Waals surface area contributed by atoms with Crippen molar-refractivity contribution in [2.45, 2.75) is 37.9 Å². The van der Waals surface area contributed by atoms with Crippen LogP contribution >= 0.6 is 0 Å². The quantitative estimate of drug-likeness (QED) is 0.478. The molecule has 0 amide bonds. The predicted octanol–water partition coefficient (Wildman–Crippen LogP) is 3.10. The summed E-state index contributed by atoms with van der Waals surface area (Å²) >= 11 is 0. The van der Waals surface area contributed by atoms with Gasteiger partial charge in [0, 0.05) is 31.5 Å². The van der Waals surface area contributed by atoms with E-state index in [1.807, 2.05) is 18.7 Å². The first-order chi connectivity index (χ1) is 15.8. The average Bonchev–Trinajstić information content (AvgIpc) is 2.77. The van der Waals surface area contributed by atoms with E-state index in [9.17, 15) is 30.8 Å². The van der Waals surface area contributed by atoms with E-state index in [0.29, 0.717) is 18.8 Å². The normalized spacial score (nSPS) is 17.4. The number of ketones is 1. The van der Waals surface area contributed by atoms with Gasteiger partial charge in [-0.15, -0.1) is 0 Å². The summed E-state index contributed by atoms with van der Waals surface area (Å²) < 4.78 is 81.1. The molecule has 1 atom stereocenters. The van der Waals surface area contributed by atoms with Crippen LogP contribution < -0.4 is 14.5 Å². The van der Waals surface area contributed by atoms with Gasteiger partial charge in [-0.25, -0.2) is 27.5 Å². The molecule has 1 aliphatic rings. The summed E-state index contributed by atoms with van der Waals surface area (Å²) in [6.07, 6.45) is -3.93. The third kappa shape index (κ3) is 5.14. The molecule has 8 nitrogen and oxygen atoms in total. The van der Waals surface area contributed by atoms with E-state index in [2.05, 4.69) is 14.7 Å². The maximum Gasteiger partial charge on any atom is 0.434 e. The van der Waals surface area contributed by atoms with Crippen LogP contribution in [-0.2, 0) is 16.2 Å². The van der Waals surface area contributed by atoms with Crippen LogP contribution in [0.25, 0.3) is 0 Å². The van der Waals surface area contributed by atoms with Gasteiger partial charge in [0.2, 0.25) is 16.0 Å². The molecule has 34 heavy (non-hydrogen) atoms. The van der Waals surface area contributed by atoms with Crippen molar-refractivity contribution in [3.05, 3.63) is 41.5 Å². The third-order valence-corrected chi connectivity index (χ3v) is 7.14. The van der Waals surface area contributed by atoms with Crippen LogP contribution in [0, 0.1) is 11.7 Å². The number of Topliss-reactive ketones (excluding diaryl/α,β-unsaturated/α-hetero) is 1. The molecule has 1 N–H and O–H groups in total. The number of rotatable bonds is 6. The molecule has 0 bridgehead atoms. The smallest absolute Gasteiger partial charge is 0.368 e. The molecule has 3 rings (SSSR count). The number of aromatic nitrogens is 2. The first kappa shape index (κ1) is 25.8. The highest BCUT2D eigenvalue weighted by atomic mass is 32.2. The highest BCUT2D eigenvalue weighted by molar-refractivity contribution is 7.89. The van der Waals surface area contributed by atoms with Gasteiger partial charge in [0.15, 0.2) is 11.5 Å². The van der Waals surface area contributed by atoms with Gasteiger partial charge in [0.1, 0.15) is 10.7 Å². The summed E-state index contributed by atoms with van der Waals surface area (Å²) in [6.45, 7) is 5.63. The number of alkyl halides is 3. The Morgan fingerprint density at radius 2 is 1.91 bits per heavy atom.